The van der Waals surface area contributed by atoms with Crippen molar-refractivity contribution in [3.05, 3.63) is 36.3 Å². The molecule has 0 fully saturated rings. The Morgan fingerprint density at radius 3 is 3.09 bits per heavy atom. The summed E-state index contributed by atoms with van der Waals surface area (Å²) in [5, 5.41) is 2.93. The fourth-order valence-corrected chi connectivity index (χ4v) is 0.890. The minimum atomic E-state index is 1.05. The van der Waals surface area contributed by atoms with E-state index in [4.69, 9.17) is 0 Å². The summed E-state index contributed by atoms with van der Waals surface area (Å²) in [6.07, 6.45) is 7.57. The molecule has 0 aliphatic heterocycles. The standard InChI is InChI=1S/C9H12N2/c1-3-9-8(4-6-10-2)5-7-11-9/h3-7,10-11H,1H2,2H3/b6-4-. The monoisotopic (exact) mass is 148 g/mol. The minimum absolute atomic E-state index is 1.05. The highest BCUT2D eigenvalue weighted by molar-refractivity contribution is 5.61. The van der Waals surface area contributed by atoms with Crippen LogP contribution in [0, 0.1) is 0 Å². The molecule has 0 atom stereocenters. The molecular weight excluding hydrogens is 136 g/mol. The Balaban J connectivity index is 2.84. The van der Waals surface area contributed by atoms with Crippen LogP contribution in [-0.4, -0.2) is 12.0 Å². The Bertz CT molecular complexity index is 258. The van der Waals surface area contributed by atoms with Crippen LogP contribution in [0.3, 0.4) is 0 Å². The van der Waals surface area contributed by atoms with E-state index in [0.29, 0.717) is 0 Å². The second-order valence-corrected chi connectivity index (χ2v) is 2.17. The normalized spacial score (nSPS) is 10.3. The number of rotatable bonds is 3. The van der Waals surface area contributed by atoms with Crippen molar-refractivity contribution in [3.8, 4) is 0 Å². The number of hydrogen-bond acceptors (Lipinski definition) is 1. The van der Waals surface area contributed by atoms with Gasteiger partial charge in [-0.1, -0.05) is 6.58 Å². The molecule has 2 nitrogen and oxygen atoms in total. The van der Waals surface area contributed by atoms with Crippen LogP contribution in [0.5, 0.6) is 0 Å². The predicted octanol–water partition coefficient (Wildman–Crippen LogP) is 1.85. The molecule has 0 aliphatic carbocycles. The van der Waals surface area contributed by atoms with E-state index >= 15 is 0 Å². The highest BCUT2D eigenvalue weighted by Crippen LogP contribution is 2.08. The van der Waals surface area contributed by atoms with Gasteiger partial charge in [-0.3, -0.25) is 0 Å². The van der Waals surface area contributed by atoms with Gasteiger partial charge in [0.2, 0.25) is 0 Å². The third-order valence-electron chi connectivity index (χ3n) is 1.45. The first-order chi connectivity index (χ1) is 5.38. The Hall–Kier alpha value is -1.44. The average molecular weight is 148 g/mol. The minimum Gasteiger partial charge on any atom is -0.394 e. The summed E-state index contributed by atoms with van der Waals surface area (Å²) in [5.74, 6) is 0. The van der Waals surface area contributed by atoms with Crippen LogP contribution in [-0.2, 0) is 0 Å². The van der Waals surface area contributed by atoms with Gasteiger partial charge in [0.25, 0.3) is 0 Å². The summed E-state index contributed by atoms with van der Waals surface area (Å²) in [7, 11) is 1.87. The van der Waals surface area contributed by atoms with Gasteiger partial charge in [-0.25, -0.2) is 0 Å². The van der Waals surface area contributed by atoms with E-state index in [1.165, 1.54) is 0 Å². The Kier molecular flexibility index (Phi) is 2.55. The molecule has 0 saturated heterocycles. The summed E-state index contributed by atoms with van der Waals surface area (Å²) < 4.78 is 0. The first-order valence-electron chi connectivity index (χ1n) is 3.52. The van der Waals surface area contributed by atoms with Gasteiger partial charge >= 0.3 is 0 Å². The first-order valence-corrected chi connectivity index (χ1v) is 3.52. The molecule has 0 spiro atoms. The van der Waals surface area contributed by atoms with Crippen molar-refractivity contribution in [1.29, 1.82) is 0 Å². The van der Waals surface area contributed by atoms with Gasteiger partial charge in [0.15, 0.2) is 0 Å². The third kappa shape index (κ3) is 1.74. The largest absolute Gasteiger partial charge is 0.394 e. The number of aromatic nitrogens is 1. The van der Waals surface area contributed by atoms with Gasteiger partial charge in [0.1, 0.15) is 0 Å². The molecule has 1 aromatic rings. The summed E-state index contributed by atoms with van der Waals surface area (Å²) in [4.78, 5) is 3.07. The molecule has 0 unspecified atom stereocenters. The second kappa shape index (κ2) is 3.66. The molecule has 1 heterocycles. The van der Waals surface area contributed by atoms with Crippen LogP contribution in [0.4, 0.5) is 0 Å². The number of aromatic amines is 1. The van der Waals surface area contributed by atoms with Crippen molar-refractivity contribution < 1.29 is 0 Å². The first kappa shape index (κ1) is 7.66. The summed E-state index contributed by atoms with van der Waals surface area (Å²) >= 11 is 0. The Morgan fingerprint density at radius 1 is 1.64 bits per heavy atom. The van der Waals surface area contributed by atoms with E-state index in [0.717, 1.165) is 11.3 Å². The van der Waals surface area contributed by atoms with Crippen molar-refractivity contribution in [2.75, 3.05) is 7.05 Å². The van der Waals surface area contributed by atoms with Gasteiger partial charge in [-0.2, -0.15) is 0 Å². The molecule has 0 radical (unpaired) electrons. The van der Waals surface area contributed by atoms with Crippen LogP contribution in [0.1, 0.15) is 11.3 Å². The Labute approximate surface area is 66.6 Å². The molecule has 1 rings (SSSR count). The summed E-state index contributed by atoms with van der Waals surface area (Å²) in [6, 6.07) is 2.00. The van der Waals surface area contributed by atoms with Gasteiger partial charge in [0, 0.05) is 24.5 Å². The van der Waals surface area contributed by atoms with E-state index < -0.39 is 0 Å². The molecular formula is C9H12N2. The van der Waals surface area contributed by atoms with Gasteiger partial charge in [-0.05, 0) is 24.4 Å². The lowest BCUT2D eigenvalue weighted by Crippen LogP contribution is -1.90. The second-order valence-electron chi connectivity index (χ2n) is 2.17. The van der Waals surface area contributed by atoms with Crippen molar-refractivity contribution in [3.63, 3.8) is 0 Å². The third-order valence-corrected chi connectivity index (χ3v) is 1.45. The van der Waals surface area contributed by atoms with Crippen LogP contribution >= 0.6 is 0 Å². The highest BCUT2D eigenvalue weighted by atomic mass is 14.8. The maximum atomic E-state index is 3.69. The molecule has 0 saturated carbocycles. The van der Waals surface area contributed by atoms with Gasteiger partial charge in [0.05, 0.1) is 0 Å². The fourth-order valence-electron chi connectivity index (χ4n) is 0.890. The van der Waals surface area contributed by atoms with E-state index in [9.17, 15) is 0 Å². The maximum absolute atomic E-state index is 3.69. The molecule has 11 heavy (non-hydrogen) atoms. The molecule has 0 aliphatic rings. The van der Waals surface area contributed by atoms with E-state index in [1.807, 2.05) is 31.6 Å². The van der Waals surface area contributed by atoms with Gasteiger partial charge < -0.3 is 10.3 Å². The maximum Gasteiger partial charge on any atom is 0.0448 e. The molecule has 0 bridgehead atoms. The van der Waals surface area contributed by atoms with Crippen molar-refractivity contribution in [2.45, 2.75) is 0 Å². The lowest BCUT2D eigenvalue weighted by Gasteiger charge is -1.90. The van der Waals surface area contributed by atoms with Crippen molar-refractivity contribution >= 4 is 12.2 Å². The van der Waals surface area contributed by atoms with Crippen LogP contribution in [0.25, 0.3) is 12.2 Å². The fraction of sp³-hybridized carbons (Fsp3) is 0.111. The zero-order valence-electron chi connectivity index (χ0n) is 6.59. The summed E-state index contributed by atoms with van der Waals surface area (Å²) in [5.41, 5.74) is 2.20. The van der Waals surface area contributed by atoms with Crippen LogP contribution < -0.4 is 5.32 Å². The van der Waals surface area contributed by atoms with Crippen LogP contribution in [0.15, 0.2) is 25.0 Å². The van der Waals surface area contributed by atoms with E-state index in [1.54, 1.807) is 6.08 Å². The smallest absolute Gasteiger partial charge is 0.0448 e. The highest BCUT2D eigenvalue weighted by Gasteiger charge is 1.92. The van der Waals surface area contributed by atoms with Crippen LogP contribution in [0.2, 0.25) is 0 Å². The lowest BCUT2D eigenvalue weighted by atomic mass is 10.2. The molecule has 1 aromatic heterocycles. The number of hydrogen-bond donors (Lipinski definition) is 2. The number of H-pyrrole nitrogens is 1. The molecule has 2 heteroatoms. The summed E-state index contributed by atoms with van der Waals surface area (Å²) in [6.45, 7) is 3.69. The zero-order chi connectivity index (χ0) is 8.10. The molecule has 58 valence electrons. The van der Waals surface area contributed by atoms with Crippen molar-refractivity contribution in [1.82, 2.24) is 10.3 Å². The molecule has 0 amide bonds. The van der Waals surface area contributed by atoms with Crippen molar-refractivity contribution in [2.24, 2.45) is 0 Å². The van der Waals surface area contributed by atoms with Gasteiger partial charge in [-0.15, -0.1) is 0 Å². The molecule has 2 N–H and O–H groups in total. The SMILES string of the molecule is C=Cc1[nH]ccc1/C=C\NC. The Morgan fingerprint density at radius 2 is 2.45 bits per heavy atom. The lowest BCUT2D eigenvalue weighted by molar-refractivity contribution is 1.11. The van der Waals surface area contributed by atoms with E-state index in [2.05, 4.69) is 16.9 Å². The predicted molar refractivity (Wildman–Crippen MR) is 49.0 cm³/mol. The molecule has 0 aromatic carbocycles. The topological polar surface area (TPSA) is 27.8 Å². The zero-order valence-corrected chi connectivity index (χ0v) is 6.59. The van der Waals surface area contributed by atoms with E-state index in [-0.39, 0.29) is 0 Å². The number of nitrogens with one attached hydrogen (secondary N) is 2. The quantitative estimate of drug-likeness (QED) is 0.672. The average Bonchev–Trinajstić information content (AvgIpc) is 2.47.